The Labute approximate surface area is 92.1 Å². The first-order chi connectivity index (χ1) is 7.27. The Bertz CT molecular complexity index is 297. The first kappa shape index (κ1) is 10.7. The Morgan fingerprint density at radius 2 is 2.13 bits per heavy atom. The summed E-state index contributed by atoms with van der Waals surface area (Å²) in [6.45, 7) is 4.50. The molecular weight excluding hydrogens is 184 g/mol. The highest BCUT2D eigenvalue weighted by molar-refractivity contribution is 5.18. The van der Waals surface area contributed by atoms with Crippen LogP contribution in [0.2, 0.25) is 0 Å². The van der Waals surface area contributed by atoms with Gasteiger partial charge in [0.1, 0.15) is 0 Å². The van der Waals surface area contributed by atoms with Crippen LogP contribution in [0.3, 0.4) is 0 Å². The fourth-order valence-electron chi connectivity index (χ4n) is 2.32. The van der Waals surface area contributed by atoms with Gasteiger partial charge in [-0.3, -0.25) is 4.90 Å². The van der Waals surface area contributed by atoms with Crippen molar-refractivity contribution >= 4 is 0 Å². The molecule has 1 heterocycles. The third kappa shape index (κ3) is 2.58. The normalized spacial score (nSPS) is 24.3. The lowest BCUT2D eigenvalue weighted by Gasteiger charge is -2.24. The summed E-state index contributed by atoms with van der Waals surface area (Å²) in [6.07, 6.45) is 2.64. The van der Waals surface area contributed by atoms with E-state index in [9.17, 15) is 0 Å². The van der Waals surface area contributed by atoms with Gasteiger partial charge < -0.3 is 5.73 Å². The number of hydrogen-bond acceptors (Lipinski definition) is 2. The van der Waals surface area contributed by atoms with Crippen LogP contribution in [0.25, 0.3) is 0 Å². The Balaban J connectivity index is 1.95. The molecule has 0 bridgehead atoms. The monoisotopic (exact) mass is 204 g/mol. The standard InChI is InChI=1S/C13H20N2/c1-11-6-5-9-15(11)10-13(14)12-7-3-2-4-8-12/h2-4,7-8,11,13H,5-6,9-10,14H2,1H3/t11-,13-/m1/s1. The summed E-state index contributed by atoms with van der Waals surface area (Å²) in [5.74, 6) is 0. The van der Waals surface area contributed by atoms with Crippen LogP contribution < -0.4 is 5.73 Å². The van der Waals surface area contributed by atoms with E-state index in [0.717, 1.165) is 6.54 Å². The Morgan fingerprint density at radius 1 is 1.40 bits per heavy atom. The minimum atomic E-state index is 0.159. The maximum atomic E-state index is 6.20. The molecule has 1 aromatic carbocycles. The molecule has 15 heavy (non-hydrogen) atoms. The number of likely N-dealkylation sites (tertiary alicyclic amines) is 1. The molecule has 0 amide bonds. The second kappa shape index (κ2) is 4.77. The molecule has 2 heteroatoms. The third-order valence-electron chi connectivity index (χ3n) is 3.35. The summed E-state index contributed by atoms with van der Waals surface area (Å²) < 4.78 is 0. The van der Waals surface area contributed by atoms with E-state index in [4.69, 9.17) is 5.73 Å². The summed E-state index contributed by atoms with van der Waals surface area (Å²) >= 11 is 0. The second-order valence-corrected chi connectivity index (χ2v) is 4.50. The lowest BCUT2D eigenvalue weighted by atomic mass is 10.1. The highest BCUT2D eigenvalue weighted by atomic mass is 15.2. The highest BCUT2D eigenvalue weighted by Gasteiger charge is 2.22. The zero-order valence-corrected chi connectivity index (χ0v) is 9.39. The maximum absolute atomic E-state index is 6.20. The number of nitrogens with two attached hydrogens (primary N) is 1. The van der Waals surface area contributed by atoms with Crippen molar-refractivity contribution in [3.63, 3.8) is 0 Å². The Hall–Kier alpha value is -0.860. The van der Waals surface area contributed by atoms with E-state index < -0.39 is 0 Å². The van der Waals surface area contributed by atoms with Crippen LogP contribution in [0.4, 0.5) is 0 Å². The molecule has 1 saturated heterocycles. The molecule has 2 N–H and O–H groups in total. The number of nitrogens with zero attached hydrogens (tertiary/aromatic N) is 1. The minimum absolute atomic E-state index is 0.159. The fourth-order valence-corrected chi connectivity index (χ4v) is 2.32. The Kier molecular flexibility index (Phi) is 3.39. The van der Waals surface area contributed by atoms with Crippen LogP contribution in [0.1, 0.15) is 31.4 Å². The van der Waals surface area contributed by atoms with Crippen molar-refractivity contribution in [2.75, 3.05) is 13.1 Å². The smallest absolute Gasteiger partial charge is 0.0424 e. The molecule has 0 aliphatic carbocycles. The summed E-state index contributed by atoms with van der Waals surface area (Å²) in [5, 5.41) is 0. The van der Waals surface area contributed by atoms with Crippen LogP contribution in [0.15, 0.2) is 30.3 Å². The predicted octanol–water partition coefficient (Wildman–Crippen LogP) is 2.17. The Morgan fingerprint density at radius 3 is 2.73 bits per heavy atom. The molecule has 0 unspecified atom stereocenters. The molecule has 0 spiro atoms. The molecule has 0 aromatic heterocycles. The average Bonchev–Trinajstić information content (AvgIpc) is 2.66. The van der Waals surface area contributed by atoms with Crippen LogP contribution in [0, 0.1) is 0 Å². The molecule has 0 saturated carbocycles. The molecular formula is C13H20N2. The SMILES string of the molecule is C[C@@H]1CCCN1C[C@@H](N)c1ccccc1. The van der Waals surface area contributed by atoms with Gasteiger partial charge in [-0.15, -0.1) is 0 Å². The molecule has 2 atom stereocenters. The quantitative estimate of drug-likeness (QED) is 0.817. The minimum Gasteiger partial charge on any atom is -0.323 e. The highest BCUT2D eigenvalue weighted by Crippen LogP contribution is 2.20. The van der Waals surface area contributed by atoms with Crippen LogP contribution in [0.5, 0.6) is 0 Å². The van der Waals surface area contributed by atoms with Gasteiger partial charge in [0.25, 0.3) is 0 Å². The fraction of sp³-hybridized carbons (Fsp3) is 0.538. The lowest BCUT2D eigenvalue weighted by molar-refractivity contribution is 0.252. The zero-order valence-electron chi connectivity index (χ0n) is 9.39. The number of benzene rings is 1. The largest absolute Gasteiger partial charge is 0.323 e. The molecule has 1 aliphatic heterocycles. The van der Waals surface area contributed by atoms with Crippen LogP contribution >= 0.6 is 0 Å². The van der Waals surface area contributed by atoms with Gasteiger partial charge in [-0.25, -0.2) is 0 Å². The topological polar surface area (TPSA) is 29.3 Å². The van der Waals surface area contributed by atoms with E-state index in [-0.39, 0.29) is 6.04 Å². The molecule has 1 aliphatic rings. The first-order valence-electron chi connectivity index (χ1n) is 5.82. The molecule has 0 radical (unpaired) electrons. The van der Waals surface area contributed by atoms with Gasteiger partial charge in [0.05, 0.1) is 0 Å². The average molecular weight is 204 g/mol. The molecule has 1 aromatic rings. The van der Waals surface area contributed by atoms with Crippen molar-refractivity contribution in [3.8, 4) is 0 Å². The van der Waals surface area contributed by atoms with Gasteiger partial charge in [0, 0.05) is 18.6 Å². The summed E-state index contributed by atoms with van der Waals surface area (Å²) in [7, 11) is 0. The maximum Gasteiger partial charge on any atom is 0.0424 e. The predicted molar refractivity (Wildman–Crippen MR) is 63.6 cm³/mol. The zero-order chi connectivity index (χ0) is 10.7. The second-order valence-electron chi connectivity index (χ2n) is 4.50. The lowest BCUT2D eigenvalue weighted by Crippen LogP contribution is -2.34. The van der Waals surface area contributed by atoms with Crippen LogP contribution in [-0.4, -0.2) is 24.0 Å². The summed E-state index contributed by atoms with van der Waals surface area (Å²) in [5.41, 5.74) is 7.44. The van der Waals surface area contributed by atoms with Crippen molar-refractivity contribution in [1.82, 2.24) is 4.90 Å². The van der Waals surface area contributed by atoms with Gasteiger partial charge in [-0.05, 0) is 31.9 Å². The molecule has 82 valence electrons. The van der Waals surface area contributed by atoms with Gasteiger partial charge in [-0.1, -0.05) is 30.3 Å². The van der Waals surface area contributed by atoms with Crippen LogP contribution in [-0.2, 0) is 0 Å². The van der Waals surface area contributed by atoms with Crippen molar-refractivity contribution in [1.29, 1.82) is 0 Å². The third-order valence-corrected chi connectivity index (χ3v) is 3.35. The number of rotatable bonds is 3. The van der Waals surface area contributed by atoms with E-state index in [1.54, 1.807) is 0 Å². The number of hydrogen-bond donors (Lipinski definition) is 1. The van der Waals surface area contributed by atoms with E-state index >= 15 is 0 Å². The van der Waals surface area contributed by atoms with Gasteiger partial charge in [0.2, 0.25) is 0 Å². The molecule has 2 rings (SSSR count). The summed E-state index contributed by atoms with van der Waals surface area (Å²) in [4.78, 5) is 2.50. The van der Waals surface area contributed by atoms with E-state index in [1.165, 1.54) is 24.9 Å². The van der Waals surface area contributed by atoms with Crippen molar-refractivity contribution < 1.29 is 0 Å². The van der Waals surface area contributed by atoms with E-state index in [0.29, 0.717) is 6.04 Å². The van der Waals surface area contributed by atoms with Gasteiger partial charge >= 0.3 is 0 Å². The van der Waals surface area contributed by atoms with E-state index in [2.05, 4.69) is 36.1 Å². The van der Waals surface area contributed by atoms with E-state index in [1.807, 2.05) is 6.07 Å². The summed E-state index contributed by atoms with van der Waals surface area (Å²) in [6, 6.07) is 11.3. The molecule has 2 nitrogen and oxygen atoms in total. The van der Waals surface area contributed by atoms with Gasteiger partial charge in [-0.2, -0.15) is 0 Å². The van der Waals surface area contributed by atoms with Crippen molar-refractivity contribution in [2.24, 2.45) is 5.73 Å². The first-order valence-corrected chi connectivity index (χ1v) is 5.82. The molecule has 1 fully saturated rings. The van der Waals surface area contributed by atoms with Crippen molar-refractivity contribution in [2.45, 2.75) is 31.8 Å². The van der Waals surface area contributed by atoms with Crippen molar-refractivity contribution in [3.05, 3.63) is 35.9 Å². The van der Waals surface area contributed by atoms with Gasteiger partial charge in [0.15, 0.2) is 0 Å².